The minimum absolute atomic E-state index is 0.130. The molecule has 1 aliphatic heterocycles. The van der Waals surface area contributed by atoms with Crippen LogP contribution in [0.4, 0.5) is 5.69 Å². The molecular formula is C23H19N3O3S. The van der Waals surface area contributed by atoms with Gasteiger partial charge in [0.2, 0.25) is 0 Å². The van der Waals surface area contributed by atoms with Crippen LogP contribution in [-0.4, -0.2) is 24.8 Å². The largest absolute Gasteiger partial charge is 0.422 e. The molecule has 0 saturated carbocycles. The first-order valence-electron chi connectivity index (χ1n) is 9.57. The number of thiazole rings is 1. The SMILES string of the molecule is CN(C)c1ccc(C2CC(c3nc(-c4cc5ccccc5oc4=O)cs3)=NO2)cc1. The molecule has 30 heavy (non-hydrogen) atoms. The summed E-state index contributed by atoms with van der Waals surface area (Å²) >= 11 is 1.45. The number of oxime groups is 1. The van der Waals surface area contributed by atoms with E-state index >= 15 is 0 Å². The number of fused-ring (bicyclic) bond motifs is 1. The summed E-state index contributed by atoms with van der Waals surface area (Å²) in [5, 5.41) is 7.73. The zero-order valence-corrected chi connectivity index (χ0v) is 17.3. The predicted octanol–water partition coefficient (Wildman–Crippen LogP) is 4.85. The highest BCUT2D eigenvalue weighted by atomic mass is 32.1. The van der Waals surface area contributed by atoms with Gasteiger partial charge in [0, 0.05) is 37.0 Å². The molecule has 5 rings (SSSR count). The number of aromatic nitrogens is 1. The maximum atomic E-state index is 12.4. The Hall–Kier alpha value is -3.45. The van der Waals surface area contributed by atoms with Gasteiger partial charge >= 0.3 is 5.63 Å². The fourth-order valence-electron chi connectivity index (χ4n) is 3.44. The molecule has 0 N–H and O–H groups in total. The first kappa shape index (κ1) is 18.6. The van der Waals surface area contributed by atoms with Crippen molar-refractivity contribution >= 4 is 33.7 Å². The van der Waals surface area contributed by atoms with Crippen LogP contribution in [0.2, 0.25) is 0 Å². The second-order valence-electron chi connectivity index (χ2n) is 7.35. The van der Waals surface area contributed by atoms with Crippen LogP contribution in [-0.2, 0) is 4.84 Å². The molecule has 7 heteroatoms. The van der Waals surface area contributed by atoms with Gasteiger partial charge in [0.15, 0.2) is 6.10 Å². The number of rotatable bonds is 4. The third kappa shape index (κ3) is 3.37. The minimum Gasteiger partial charge on any atom is -0.422 e. The van der Waals surface area contributed by atoms with Gasteiger partial charge in [-0.05, 0) is 29.8 Å². The Morgan fingerprint density at radius 1 is 1.10 bits per heavy atom. The Labute approximate surface area is 177 Å². The summed E-state index contributed by atoms with van der Waals surface area (Å²) < 4.78 is 5.43. The number of hydrogen-bond acceptors (Lipinski definition) is 7. The predicted molar refractivity (Wildman–Crippen MR) is 119 cm³/mol. The van der Waals surface area contributed by atoms with Crippen LogP contribution >= 0.6 is 11.3 Å². The molecule has 0 saturated heterocycles. The maximum Gasteiger partial charge on any atom is 0.345 e. The average Bonchev–Trinajstić information content (AvgIpc) is 3.43. The fraction of sp³-hybridized carbons (Fsp3) is 0.174. The van der Waals surface area contributed by atoms with Crippen molar-refractivity contribution in [3.05, 3.63) is 81.0 Å². The van der Waals surface area contributed by atoms with Crippen LogP contribution in [0.15, 0.2) is 74.3 Å². The smallest absolute Gasteiger partial charge is 0.345 e. The van der Waals surface area contributed by atoms with Crippen LogP contribution in [0.5, 0.6) is 0 Å². The summed E-state index contributed by atoms with van der Waals surface area (Å²) in [6.45, 7) is 0. The van der Waals surface area contributed by atoms with Crippen molar-refractivity contribution in [2.45, 2.75) is 12.5 Å². The Bertz CT molecular complexity index is 1310. The molecule has 1 unspecified atom stereocenters. The molecule has 1 atom stereocenters. The molecular weight excluding hydrogens is 398 g/mol. The van der Waals surface area contributed by atoms with Crippen molar-refractivity contribution in [2.24, 2.45) is 5.16 Å². The molecule has 0 spiro atoms. The Balaban J connectivity index is 1.37. The Morgan fingerprint density at radius 2 is 1.90 bits per heavy atom. The lowest BCUT2D eigenvalue weighted by Crippen LogP contribution is -2.08. The van der Waals surface area contributed by atoms with Crippen molar-refractivity contribution in [2.75, 3.05) is 19.0 Å². The first-order valence-corrected chi connectivity index (χ1v) is 10.5. The summed E-state index contributed by atoms with van der Waals surface area (Å²) in [5.74, 6) is 0. The van der Waals surface area contributed by atoms with E-state index in [0.29, 0.717) is 23.3 Å². The molecule has 2 aromatic carbocycles. The fourth-order valence-corrected chi connectivity index (χ4v) is 4.25. The van der Waals surface area contributed by atoms with E-state index in [9.17, 15) is 4.79 Å². The summed E-state index contributed by atoms with van der Waals surface area (Å²) in [7, 11) is 4.02. The van der Waals surface area contributed by atoms with Crippen LogP contribution in [0, 0.1) is 0 Å². The summed E-state index contributed by atoms with van der Waals surface area (Å²) in [5.41, 5.74) is 4.22. The molecule has 3 heterocycles. The first-order chi connectivity index (χ1) is 14.6. The molecule has 0 bridgehead atoms. The highest BCUT2D eigenvalue weighted by molar-refractivity contribution is 7.12. The molecule has 2 aromatic heterocycles. The quantitative estimate of drug-likeness (QED) is 0.444. The minimum atomic E-state index is -0.394. The molecule has 6 nitrogen and oxygen atoms in total. The van der Waals surface area contributed by atoms with Crippen LogP contribution in [0.3, 0.4) is 0 Å². The third-order valence-corrected chi connectivity index (χ3v) is 6.01. The standard InChI is InChI=1S/C23H19N3O3S/c1-26(2)16-9-7-14(8-10-16)21-12-18(25-29-21)22-24-19(13-30-22)17-11-15-5-3-4-6-20(15)28-23(17)27/h3-11,13,21H,12H2,1-2H3. The van der Waals surface area contributed by atoms with Crippen LogP contribution in [0.1, 0.15) is 23.1 Å². The van der Waals surface area contributed by atoms with Gasteiger partial charge in [-0.3, -0.25) is 0 Å². The van der Waals surface area contributed by atoms with Crippen molar-refractivity contribution < 1.29 is 9.25 Å². The average molecular weight is 417 g/mol. The van der Waals surface area contributed by atoms with Crippen LogP contribution < -0.4 is 10.5 Å². The van der Waals surface area contributed by atoms with E-state index in [2.05, 4.69) is 39.3 Å². The summed E-state index contributed by atoms with van der Waals surface area (Å²) in [6, 6.07) is 17.5. The van der Waals surface area contributed by atoms with Crippen molar-refractivity contribution in [1.82, 2.24) is 4.98 Å². The molecule has 0 amide bonds. The monoisotopic (exact) mass is 417 g/mol. The Kier molecular flexibility index (Phi) is 4.59. The lowest BCUT2D eigenvalue weighted by atomic mass is 10.0. The molecule has 0 fully saturated rings. The normalized spacial score (nSPS) is 15.8. The zero-order chi connectivity index (χ0) is 20.7. The van der Waals surface area contributed by atoms with Crippen molar-refractivity contribution in [1.29, 1.82) is 0 Å². The molecule has 4 aromatic rings. The molecule has 0 radical (unpaired) electrons. The molecule has 1 aliphatic rings. The second kappa shape index (κ2) is 7.42. The van der Waals surface area contributed by atoms with E-state index < -0.39 is 5.63 Å². The second-order valence-corrected chi connectivity index (χ2v) is 8.20. The van der Waals surface area contributed by atoms with Crippen molar-refractivity contribution in [3.63, 3.8) is 0 Å². The van der Waals surface area contributed by atoms with Gasteiger partial charge in [0.1, 0.15) is 16.3 Å². The van der Waals surface area contributed by atoms with Gasteiger partial charge in [0.05, 0.1) is 11.3 Å². The van der Waals surface area contributed by atoms with E-state index in [1.54, 1.807) is 6.07 Å². The topological polar surface area (TPSA) is 67.9 Å². The third-order valence-electron chi connectivity index (χ3n) is 5.12. The highest BCUT2D eigenvalue weighted by Crippen LogP contribution is 2.32. The summed E-state index contributed by atoms with van der Waals surface area (Å²) in [4.78, 5) is 24.8. The lowest BCUT2D eigenvalue weighted by Gasteiger charge is -2.14. The molecule has 150 valence electrons. The van der Waals surface area contributed by atoms with Gasteiger partial charge in [0.25, 0.3) is 0 Å². The number of hydrogen-bond donors (Lipinski definition) is 0. The van der Waals surface area contributed by atoms with Gasteiger partial charge in [-0.1, -0.05) is 35.5 Å². The summed E-state index contributed by atoms with van der Waals surface area (Å²) in [6.07, 6.45) is 0.509. The number of anilines is 1. The van der Waals surface area contributed by atoms with Crippen LogP contribution in [0.25, 0.3) is 22.2 Å². The molecule has 0 aliphatic carbocycles. The number of nitrogens with zero attached hydrogens (tertiary/aromatic N) is 3. The van der Waals surface area contributed by atoms with Crippen molar-refractivity contribution in [3.8, 4) is 11.3 Å². The van der Waals surface area contributed by atoms with Gasteiger partial charge < -0.3 is 14.2 Å². The number of benzene rings is 2. The van der Waals surface area contributed by atoms with E-state index in [1.165, 1.54) is 11.3 Å². The lowest BCUT2D eigenvalue weighted by molar-refractivity contribution is 0.0857. The maximum absolute atomic E-state index is 12.4. The van der Waals surface area contributed by atoms with E-state index in [0.717, 1.165) is 27.4 Å². The van der Waals surface area contributed by atoms with E-state index in [-0.39, 0.29) is 6.10 Å². The zero-order valence-electron chi connectivity index (χ0n) is 16.5. The van der Waals surface area contributed by atoms with Gasteiger partial charge in [-0.15, -0.1) is 11.3 Å². The highest BCUT2D eigenvalue weighted by Gasteiger charge is 2.26. The van der Waals surface area contributed by atoms with Gasteiger partial charge in [-0.2, -0.15) is 0 Å². The Morgan fingerprint density at radius 3 is 2.70 bits per heavy atom. The van der Waals surface area contributed by atoms with E-state index in [4.69, 9.17) is 9.25 Å². The van der Waals surface area contributed by atoms with E-state index in [1.807, 2.05) is 43.7 Å². The number of para-hydroxylation sites is 1. The van der Waals surface area contributed by atoms with Gasteiger partial charge in [-0.25, -0.2) is 9.78 Å².